The van der Waals surface area contributed by atoms with Crippen LogP contribution in [-0.4, -0.2) is 16.7 Å². The summed E-state index contributed by atoms with van der Waals surface area (Å²) >= 11 is 0. The van der Waals surface area contributed by atoms with Crippen LogP contribution in [0.2, 0.25) is 0 Å². The Balaban J connectivity index is 2.25. The van der Waals surface area contributed by atoms with Crippen molar-refractivity contribution in [3.63, 3.8) is 0 Å². The van der Waals surface area contributed by atoms with Gasteiger partial charge in [0, 0.05) is 12.8 Å². The summed E-state index contributed by atoms with van der Waals surface area (Å²) in [6.45, 7) is 0.641. The summed E-state index contributed by atoms with van der Waals surface area (Å²) < 4.78 is 7.18. The fourth-order valence-corrected chi connectivity index (χ4v) is 1.78. The van der Waals surface area contributed by atoms with Crippen molar-refractivity contribution in [2.24, 2.45) is 0 Å². The number of fused-ring (bicyclic) bond motifs is 1. The molecular formula is C9H14N2O. The predicted octanol–water partition coefficient (Wildman–Crippen LogP) is 1.37. The molecule has 0 bridgehead atoms. The van der Waals surface area contributed by atoms with E-state index >= 15 is 0 Å². The van der Waals surface area contributed by atoms with E-state index in [9.17, 15) is 0 Å². The van der Waals surface area contributed by atoms with E-state index in [1.165, 1.54) is 30.7 Å². The van der Waals surface area contributed by atoms with Crippen LogP contribution in [0.4, 0.5) is 0 Å². The number of methoxy groups -OCH3 is 1. The summed E-state index contributed by atoms with van der Waals surface area (Å²) in [6, 6.07) is 0. The summed E-state index contributed by atoms with van der Waals surface area (Å²) in [5, 5.41) is 0. The van der Waals surface area contributed by atoms with E-state index in [0.29, 0.717) is 6.73 Å². The molecule has 0 radical (unpaired) electrons. The number of imidazole rings is 1. The third-order valence-electron chi connectivity index (χ3n) is 2.38. The van der Waals surface area contributed by atoms with Crippen LogP contribution < -0.4 is 0 Å². The zero-order valence-electron chi connectivity index (χ0n) is 7.42. The Hall–Kier alpha value is -0.830. The third-order valence-corrected chi connectivity index (χ3v) is 2.38. The van der Waals surface area contributed by atoms with E-state index in [0.717, 1.165) is 6.42 Å². The number of ether oxygens (including phenoxy) is 1. The smallest absolute Gasteiger partial charge is 0.123 e. The largest absolute Gasteiger partial charge is 0.364 e. The minimum Gasteiger partial charge on any atom is -0.364 e. The number of aromatic nitrogens is 2. The second kappa shape index (κ2) is 3.27. The standard InChI is InChI=1S/C9H14N2O/c1-12-7-11-6-10-8-4-2-3-5-9(8)11/h6H,2-5,7H2,1H3. The number of hydrogen-bond acceptors (Lipinski definition) is 2. The van der Waals surface area contributed by atoms with Gasteiger partial charge in [-0.25, -0.2) is 4.98 Å². The lowest BCUT2D eigenvalue weighted by atomic mass is 10.0. The third kappa shape index (κ3) is 1.25. The minimum absolute atomic E-state index is 0.641. The van der Waals surface area contributed by atoms with Crippen molar-refractivity contribution in [3.05, 3.63) is 17.7 Å². The minimum atomic E-state index is 0.641. The molecule has 0 unspecified atom stereocenters. The molecule has 1 aliphatic rings. The van der Waals surface area contributed by atoms with Crippen LogP contribution in [0.25, 0.3) is 0 Å². The van der Waals surface area contributed by atoms with Crippen LogP contribution in [0.15, 0.2) is 6.33 Å². The Labute approximate surface area is 72.4 Å². The van der Waals surface area contributed by atoms with Gasteiger partial charge in [-0.15, -0.1) is 0 Å². The molecule has 2 rings (SSSR count). The first kappa shape index (κ1) is 7.80. The van der Waals surface area contributed by atoms with Crippen molar-refractivity contribution in [2.45, 2.75) is 32.4 Å². The maximum Gasteiger partial charge on any atom is 0.123 e. The Morgan fingerprint density at radius 3 is 3.17 bits per heavy atom. The molecule has 0 aliphatic heterocycles. The summed E-state index contributed by atoms with van der Waals surface area (Å²) in [4.78, 5) is 4.36. The van der Waals surface area contributed by atoms with Gasteiger partial charge in [-0.05, 0) is 25.7 Å². The van der Waals surface area contributed by atoms with Gasteiger partial charge in [0.05, 0.1) is 12.0 Å². The highest BCUT2D eigenvalue weighted by Crippen LogP contribution is 2.19. The molecule has 3 nitrogen and oxygen atoms in total. The first-order valence-corrected chi connectivity index (χ1v) is 4.43. The summed E-state index contributed by atoms with van der Waals surface area (Å²) in [6.07, 6.45) is 6.78. The lowest BCUT2D eigenvalue weighted by Crippen LogP contribution is -2.08. The molecule has 66 valence electrons. The van der Waals surface area contributed by atoms with Crippen molar-refractivity contribution < 1.29 is 4.74 Å². The number of nitrogens with zero attached hydrogens (tertiary/aromatic N) is 2. The van der Waals surface area contributed by atoms with Gasteiger partial charge in [-0.3, -0.25) is 0 Å². The molecule has 1 aliphatic carbocycles. The van der Waals surface area contributed by atoms with E-state index in [1.807, 2.05) is 6.33 Å². The molecule has 0 fully saturated rings. The molecule has 0 saturated heterocycles. The van der Waals surface area contributed by atoms with Gasteiger partial charge >= 0.3 is 0 Å². The molecule has 12 heavy (non-hydrogen) atoms. The van der Waals surface area contributed by atoms with Gasteiger partial charge in [0.2, 0.25) is 0 Å². The van der Waals surface area contributed by atoms with Crippen LogP contribution in [0.1, 0.15) is 24.2 Å². The normalized spacial score (nSPS) is 16.1. The first-order chi connectivity index (χ1) is 5.92. The monoisotopic (exact) mass is 166 g/mol. The van der Waals surface area contributed by atoms with Crippen molar-refractivity contribution in [2.75, 3.05) is 7.11 Å². The Kier molecular flexibility index (Phi) is 2.13. The second-order valence-corrected chi connectivity index (χ2v) is 3.23. The topological polar surface area (TPSA) is 27.1 Å². The molecule has 3 heteroatoms. The van der Waals surface area contributed by atoms with Crippen molar-refractivity contribution in [1.29, 1.82) is 0 Å². The van der Waals surface area contributed by atoms with E-state index < -0.39 is 0 Å². The zero-order chi connectivity index (χ0) is 8.39. The highest BCUT2D eigenvalue weighted by molar-refractivity contribution is 5.15. The van der Waals surface area contributed by atoms with E-state index in [4.69, 9.17) is 4.74 Å². The quantitative estimate of drug-likeness (QED) is 0.663. The molecular weight excluding hydrogens is 152 g/mol. The van der Waals surface area contributed by atoms with Crippen LogP contribution in [0, 0.1) is 0 Å². The van der Waals surface area contributed by atoms with Gasteiger partial charge in [0.1, 0.15) is 6.73 Å². The summed E-state index contributed by atoms with van der Waals surface area (Å²) in [5.74, 6) is 0. The SMILES string of the molecule is COCn1cnc2c1CCCC2. The van der Waals surface area contributed by atoms with Crippen LogP contribution in [-0.2, 0) is 24.3 Å². The van der Waals surface area contributed by atoms with Crippen LogP contribution >= 0.6 is 0 Å². The zero-order valence-corrected chi connectivity index (χ0v) is 7.42. The Morgan fingerprint density at radius 1 is 1.50 bits per heavy atom. The lowest BCUT2D eigenvalue weighted by Gasteiger charge is -2.12. The van der Waals surface area contributed by atoms with Gasteiger partial charge in [0.15, 0.2) is 0 Å². The molecule has 0 N–H and O–H groups in total. The molecule has 1 heterocycles. The van der Waals surface area contributed by atoms with Gasteiger partial charge < -0.3 is 9.30 Å². The Morgan fingerprint density at radius 2 is 2.33 bits per heavy atom. The summed E-state index contributed by atoms with van der Waals surface area (Å²) in [5.41, 5.74) is 2.65. The Bertz CT molecular complexity index is 267. The number of rotatable bonds is 2. The predicted molar refractivity (Wildman–Crippen MR) is 45.9 cm³/mol. The maximum atomic E-state index is 5.08. The van der Waals surface area contributed by atoms with Crippen molar-refractivity contribution in [3.8, 4) is 0 Å². The molecule has 0 atom stereocenters. The number of aryl methyl sites for hydroxylation is 1. The molecule has 0 aromatic carbocycles. The van der Waals surface area contributed by atoms with Crippen molar-refractivity contribution in [1.82, 2.24) is 9.55 Å². The number of hydrogen-bond donors (Lipinski definition) is 0. The highest BCUT2D eigenvalue weighted by atomic mass is 16.5. The van der Waals surface area contributed by atoms with Gasteiger partial charge in [-0.2, -0.15) is 0 Å². The molecule has 1 aromatic rings. The van der Waals surface area contributed by atoms with E-state index in [2.05, 4.69) is 9.55 Å². The van der Waals surface area contributed by atoms with Crippen LogP contribution in [0.5, 0.6) is 0 Å². The first-order valence-electron chi connectivity index (χ1n) is 4.43. The summed E-state index contributed by atoms with van der Waals surface area (Å²) in [7, 11) is 1.72. The fraction of sp³-hybridized carbons (Fsp3) is 0.667. The molecule has 0 spiro atoms. The van der Waals surface area contributed by atoms with Crippen molar-refractivity contribution >= 4 is 0 Å². The van der Waals surface area contributed by atoms with Crippen LogP contribution in [0.3, 0.4) is 0 Å². The van der Waals surface area contributed by atoms with E-state index in [-0.39, 0.29) is 0 Å². The fourth-order valence-electron chi connectivity index (χ4n) is 1.78. The van der Waals surface area contributed by atoms with E-state index in [1.54, 1.807) is 7.11 Å². The molecule has 1 aromatic heterocycles. The maximum absolute atomic E-state index is 5.08. The highest BCUT2D eigenvalue weighted by Gasteiger charge is 2.14. The molecule has 0 saturated carbocycles. The molecule has 0 amide bonds. The lowest BCUT2D eigenvalue weighted by molar-refractivity contribution is 0.128. The average molecular weight is 166 g/mol. The van der Waals surface area contributed by atoms with Gasteiger partial charge in [0.25, 0.3) is 0 Å². The van der Waals surface area contributed by atoms with Gasteiger partial charge in [-0.1, -0.05) is 0 Å². The second-order valence-electron chi connectivity index (χ2n) is 3.23. The average Bonchev–Trinajstić information content (AvgIpc) is 2.50.